The molecule has 1 aliphatic rings. The van der Waals surface area contributed by atoms with Crippen molar-refractivity contribution >= 4 is 29.4 Å². The summed E-state index contributed by atoms with van der Waals surface area (Å²) in [4.78, 5) is 25.0. The Bertz CT molecular complexity index is 672. The maximum atomic E-state index is 11.9. The minimum Gasteiger partial charge on any atom is -0.465 e. The SMILES string of the molecule is CCOC(=O)c1ccc(Cl)c(NC[C@@H]2CCN(C(=O)O)C2C(C)(C)C)c1. The molecule has 0 bridgehead atoms. The normalized spacial score (nSPS) is 20.1. The van der Waals surface area contributed by atoms with Crippen LogP contribution in [0.2, 0.25) is 5.02 Å². The minimum absolute atomic E-state index is 0.0838. The monoisotopic (exact) mass is 382 g/mol. The first-order valence-electron chi connectivity index (χ1n) is 8.85. The van der Waals surface area contributed by atoms with Gasteiger partial charge >= 0.3 is 12.1 Å². The van der Waals surface area contributed by atoms with Crippen LogP contribution in [0.1, 0.15) is 44.5 Å². The lowest BCUT2D eigenvalue weighted by molar-refractivity contribution is 0.0526. The average molecular weight is 383 g/mol. The third-order valence-electron chi connectivity index (χ3n) is 4.69. The second-order valence-corrected chi connectivity index (χ2v) is 8.04. The lowest BCUT2D eigenvalue weighted by Gasteiger charge is -2.37. The first-order valence-corrected chi connectivity index (χ1v) is 9.23. The molecule has 0 spiro atoms. The van der Waals surface area contributed by atoms with Crippen LogP contribution in [0.5, 0.6) is 0 Å². The zero-order chi connectivity index (χ0) is 19.5. The number of ether oxygens (including phenoxy) is 1. The van der Waals surface area contributed by atoms with Crippen LogP contribution >= 0.6 is 11.6 Å². The number of esters is 1. The fraction of sp³-hybridized carbons (Fsp3) is 0.579. The lowest BCUT2D eigenvalue weighted by atomic mass is 9.79. The van der Waals surface area contributed by atoms with Gasteiger partial charge in [0.2, 0.25) is 0 Å². The van der Waals surface area contributed by atoms with E-state index in [0.717, 1.165) is 6.42 Å². The average Bonchev–Trinajstić information content (AvgIpc) is 2.99. The molecule has 144 valence electrons. The van der Waals surface area contributed by atoms with Crippen molar-refractivity contribution in [2.45, 2.75) is 40.2 Å². The number of carboxylic acid groups (broad SMARTS) is 1. The molecular formula is C19H27ClN2O4. The van der Waals surface area contributed by atoms with Gasteiger partial charge in [-0.25, -0.2) is 9.59 Å². The van der Waals surface area contributed by atoms with Gasteiger partial charge < -0.3 is 20.1 Å². The quantitative estimate of drug-likeness (QED) is 0.740. The van der Waals surface area contributed by atoms with Crippen LogP contribution < -0.4 is 5.32 Å². The van der Waals surface area contributed by atoms with Gasteiger partial charge in [-0.3, -0.25) is 0 Å². The number of likely N-dealkylation sites (tertiary alicyclic amines) is 1. The van der Waals surface area contributed by atoms with E-state index in [1.165, 1.54) is 4.90 Å². The summed E-state index contributed by atoms with van der Waals surface area (Å²) in [6.07, 6.45) is -0.0917. The van der Waals surface area contributed by atoms with Gasteiger partial charge in [-0.1, -0.05) is 32.4 Å². The lowest BCUT2D eigenvalue weighted by Crippen LogP contribution is -2.46. The number of hydrogen-bond acceptors (Lipinski definition) is 4. The first-order chi connectivity index (χ1) is 12.1. The van der Waals surface area contributed by atoms with Crippen LogP contribution in [0, 0.1) is 11.3 Å². The maximum absolute atomic E-state index is 11.9. The highest BCUT2D eigenvalue weighted by Gasteiger charge is 2.43. The number of nitrogens with one attached hydrogen (secondary N) is 1. The van der Waals surface area contributed by atoms with Gasteiger partial charge in [0.15, 0.2) is 0 Å². The molecule has 1 saturated heterocycles. The molecule has 1 aromatic rings. The molecule has 7 heteroatoms. The molecule has 2 atom stereocenters. The van der Waals surface area contributed by atoms with Crippen molar-refractivity contribution < 1.29 is 19.4 Å². The number of anilines is 1. The first kappa shape index (κ1) is 20.4. The van der Waals surface area contributed by atoms with Crippen molar-refractivity contribution in [2.24, 2.45) is 11.3 Å². The number of carbonyl (C=O) groups excluding carboxylic acids is 1. The Hall–Kier alpha value is -1.95. The molecule has 1 heterocycles. The number of halogens is 1. The Kier molecular flexibility index (Phi) is 6.39. The Morgan fingerprint density at radius 3 is 2.65 bits per heavy atom. The fourth-order valence-corrected chi connectivity index (χ4v) is 3.89. The summed E-state index contributed by atoms with van der Waals surface area (Å²) in [7, 11) is 0. The van der Waals surface area contributed by atoms with Crippen molar-refractivity contribution in [1.82, 2.24) is 4.90 Å². The number of benzene rings is 1. The highest BCUT2D eigenvalue weighted by atomic mass is 35.5. The standard InChI is InChI=1S/C19H27ClN2O4/c1-5-26-17(23)12-6-7-14(20)15(10-12)21-11-13-8-9-22(18(24)25)16(13)19(2,3)4/h6-7,10,13,16,21H,5,8-9,11H2,1-4H3,(H,24,25)/t13-,16?/m0/s1. The van der Waals surface area contributed by atoms with E-state index in [0.29, 0.717) is 36.0 Å². The van der Waals surface area contributed by atoms with E-state index < -0.39 is 12.1 Å². The van der Waals surface area contributed by atoms with E-state index in [1.807, 2.05) is 0 Å². The molecular weight excluding hydrogens is 356 g/mol. The van der Waals surface area contributed by atoms with Crippen molar-refractivity contribution in [1.29, 1.82) is 0 Å². The highest BCUT2D eigenvalue weighted by molar-refractivity contribution is 6.33. The van der Waals surface area contributed by atoms with Crippen LogP contribution in [0.15, 0.2) is 18.2 Å². The molecule has 0 aromatic heterocycles. The molecule has 26 heavy (non-hydrogen) atoms. The molecule has 0 aliphatic carbocycles. The maximum Gasteiger partial charge on any atom is 0.407 e. The molecule has 1 unspecified atom stereocenters. The number of amides is 1. The van der Waals surface area contributed by atoms with Gasteiger partial charge in [0.25, 0.3) is 0 Å². The Balaban J connectivity index is 2.13. The van der Waals surface area contributed by atoms with E-state index in [-0.39, 0.29) is 17.4 Å². The predicted octanol–water partition coefficient (Wildman–Crippen LogP) is 4.34. The third-order valence-corrected chi connectivity index (χ3v) is 5.02. The van der Waals surface area contributed by atoms with Gasteiger partial charge in [-0.2, -0.15) is 0 Å². The van der Waals surface area contributed by atoms with Crippen molar-refractivity contribution in [3.05, 3.63) is 28.8 Å². The molecule has 2 rings (SSSR count). The summed E-state index contributed by atoms with van der Waals surface area (Å²) >= 11 is 6.25. The van der Waals surface area contributed by atoms with Crippen molar-refractivity contribution in [2.75, 3.05) is 25.0 Å². The van der Waals surface area contributed by atoms with E-state index in [1.54, 1.807) is 25.1 Å². The van der Waals surface area contributed by atoms with E-state index in [4.69, 9.17) is 16.3 Å². The van der Waals surface area contributed by atoms with E-state index in [2.05, 4.69) is 26.1 Å². The van der Waals surface area contributed by atoms with E-state index in [9.17, 15) is 14.7 Å². The summed E-state index contributed by atoms with van der Waals surface area (Å²) < 4.78 is 5.02. The largest absolute Gasteiger partial charge is 0.465 e. The number of carbonyl (C=O) groups is 2. The number of rotatable bonds is 5. The summed E-state index contributed by atoms with van der Waals surface area (Å²) in [5.74, 6) is -0.230. The van der Waals surface area contributed by atoms with Gasteiger partial charge in [0.1, 0.15) is 0 Å². The van der Waals surface area contributed by atoms with Crippen LogP contribution in [0.4, 0.5) is 10.5 Å². The van der Waals surface area contributed by atoms with Gasteiger partial charge in [0.05, 0.1) is 22.9 Å². The predicted molar refractivity (Wildman–Crippen MR) is 102 cm³/mol. The number of hydrogen-bond donors (Lipinski definition) is 2. The Morgan fingerprint density at radius 1 is 1.38 bits per heavy atom. The second kappa shape index (κ2) is 8.16. The van der Waals surface area contributed by atoms with Gasteiger partial charge in [-0.15, -0.1) is 0 Å². The van der Waals surface area contributed by atoms with Crippen LogP contribution in [-0.2, 0) is 4.74 Å². The molecule has 0 radical (unpaired) electrons. The third kappa shape index (κ3) is 4.61. The smallest absolute Gasteiger partial charge is 0.407 e. The summed E-state index contributed by atoms with van der Waals surface area (Å²) in [5.41, 5.74) is 0.918. The number of nitrogens with zero attached hydrogens (tertiary/aromatic N) is 1. The molecule has 1 fully saturated rings. The second-order valence-electron chi connectivity index (χ2n) is 7.63. The van der Waals surface area contributed by atoms with Gasteiger partial charge in [-0.05, 0) is 42.9 Å². The molecule has 1 amide bonds. The molecule has 6 nitrogen and oxygen atoms in total. The van der Waals surface area contributed by atoms with Crippen molar-refractivity contribution in [3.63, 3.8) is 0 Å². The fourth-order valence-electron chi connectivity index (χ4n) is 3.70. The van der Waals surface area contributed by atoms with Gasteiger partial charge in [0, 0.05) is 19.1 Å². The molecule has 0 saturated carbocycles. The molecule has 1 aromatic carbocycles. The summed E-state index contributed by atoms with van der Waals surface area (Å²) in [6.45, 7) is 9.34. The zero-order valence-electron chi connectivity index (χ0n) is 15.7. The zero-order valence-corrected chi connectivity index (χ0v) is 16.5. The molecule has 1 aliphatic heterocycles. The Morgan fingerprint density at radius 2 is 2.08 bits per heavy atom. The summed E-state index contributed by atoms with van der Waals surface area (Å²) in [5, 5.41) is 13.3. The topological polar surface area (TPSA) is 78.9 Å². The highest BCUT2D eigenvalue weighted by Crippen LogP contribution is 2.37. The van der Waals surface area contributed by atoms with E-state index >= 15 is 0 Å². The van der Waals surface area contributed by atoms with Crippen LogP contribution in [0.3, 0.4) is 0 Å². The van der Waals surface area contributed by atoms with Crippen LogP contribution in [0.25, 0.3) is 0 Å². The van der Waals surface area contributed by atoms with Crippen LogP contribution in [-0.4, -0.2) is 47.8 Å². The Labute approximate surface area is 159 Å². The minimum atomic E-state index is -0.880. The molecule has 2 N–H and O–H groups in total. The van der Waals surface area contributed by atoms with Crippen molar-refractivity contribution in [3.8, 4) is 0 Å². The summed E-state index contributed by atoms with van der Waals surface area (Å²) in [6, 6.07) is 4.89.